The highest BCUT2D eigenvalue weighted by atomic mass is 15.0. The SMILES string of the molecule is Cc1ccccc1.[N-]=[N+]=[N-]. The van der Waals surface area contributed by atoms with Crippen molar-refractivity contribution in [1.29, 1.82) is 0 Å². The van der Waals surface area contributed by atoms with E-state index in [4.69, 9.17) is 11.1 Å². The molecule has 3 heteroatoms. The van der Waals surface area contributed by atoms with Crippen molar-refractivity contribution in [3.05, 3.63) is 51.9 Å². The standard InChI is InChI=1S/C7H8.N3/c1-7-5-3-2-4-6-7;1-3-2/h2-6H,1H3;/q;-1. The van der Waals surface area contributed by atoms with Crippen LogP contribution in [0, 0.1) is 6.92 Å². The molecule has 0 aromatic heterocycles. The summed E-state index contributed by atoms with van der Waals surface area (Å²) in [6, 6.07) is 10.3. The van der Waals surface area contributed by atoms with Gasteiger partial charge in [0.25, 0.3) is 0 Å². The molecule has 0 aliphatic heterocycles. The van der Waals surface area contributed by atoms with Crippen LogP contribution in [0.3, 0.4) is 0 Å². The molecule has 0 unspecified atom stereocenters. The highest BCUT2D eigenvalue weighted by Gasteiger charge is 1.72. The fourth-order valence-electron chi connectivity index (χ4n) is 0.534. The van der Waals surface area contributed by atoms with Gasteiger partial charge in [-0.1, -0.05) is 35.9 Å². The normalized spacial score (nSPS) is 6.90. The lowest BCUT2D eigenvalue weighted by Gasteiger charge is -1.82. The predicted molar refractivity (Wildman–Crippen MR) is 41.3 cm³/mol. The molecule has 52 valence electrons. The molecule has 0 amide bonds. The zero-order valence-electron chi connectivity index (χ0n) is 5.73. The van der Waals surface area contributed by atoms with Gasteiger partial charge in [0.15, 0.2) is 0 Å². The summed E-state index contributed by atoms with van der Waals surface area (Å²) in [6.07, 6.45) is 0. The van der Waals surface area contributed by atoms with Crippen molar-refractivity contribution in [3.8, 4) is 0 Å². The Morgan fingerprint density at radius 1 is 1.10 bits per heavy atom. The van der Waals surface area contributed by atoms with Crippen LogP contribution in [0.15, 0.2) is 30.3 Å². The molecule has 0 radical (unpaired) electrons. The minimum atomic E-state index is 1.32. The van der Waals surface area contributed by atoms with Crippen molar-refractivity contribution in [2.24, 2.45) is 0 Å². The van der Waals surface area contributed by atoms with E-state index in [2.05, 4.69) is 19.1 Å². The number of aryl methyl sites for hydroxylation is 1. The zero-order chi connectivity index (χ0) is 7.82. The monoisotopic (exact) mass is 134 g/mol. The molecular weight excluding hydrogens is 126 g/mol. The largest absolute Gasteiger partial charge is 0.373 e. The van der Waals surface area contributed by atoms with Gasteiger partial charge in [-0.05, 0) is 6.92 Å². The topological polar surface area (TPSA) is 58.7 Å². The Morgan fingerprint density at radius 3 is 1.70 bits per heavy atom. The first kappa shape index (κ1) is 8.53. The number of hydrogen-bond acceptors (Lipinski definition) is 0. The van der Waals surface area contributed by atoms with Crippen LogP contribution in [-0.2, 0) is 0 Å². The van der Waals surface area contributed by atoms with Gasteiger partial charge in [-0.3, -0.25) is 4.91 Å². The van der Waals surface area contributed by atoms with Crippen LogP contribution in [-0.4, -0.2) is 0 Å². The summed E-state index contributed by atoms with van der Waals surface area (Å²) in [5.41, 5.74) is 14.8. The van der Waals surface area contributed by atoms with E-state index in [-0.39, 0.29) is 0 Å². The third-order valence-corrected chi connectivity index (χ3v) is 0.940. The minimum absolute atomic E-state index is 1.32. The van der Waals surface area contributed by atoms with Gasteiger partial charge < -0.3 is 11.1 Å². The molecule has 0 fully saturated rings. The maximum atomic E-state index is 6.75. The lowest BCUT2D eigenvalue weighted by atomic mass is 10.2. The van der Waals surface area contributed by atoms with Crippen LogP contribution in [0.25, 0.3) is 16.0 Å². The second-order valence-corrected chi connectivity index (χ2v) is 1.74. The molecule has 1 aromatic rings. The zero-order valence-corrected chi connectivity index (χ0v) is 5.73. The van der Waals surface area contributed by atoms with Crippen molar-refractivity contribution >= 4 is 0 Å². The molecule has 1 aromatic carbocycles. The summed E-state index contributed by atoms with van der Waals surface area (Å²) in [4.78, 5) is 1.50. The van der Waals surface area contributed by atoms with E-state index in [0.29, 0.717) is 0 Å². The molecular formula is C7H8N3-. The molecule has 0 saturated carbocycles. The summed E-state index contributed by atoms with van der Waals surface area (Å²) in [6.45, 7) is 2.08. The molecule has 10 heavy (non-hydrogen) atoms. The lowest BCUT2D eigenvalue weighted by Crippen LogP contribution is -1.62. The highest BCUT2D eigenvalue weighted by molar-refractivity contribution is 5.11. The van der Waals surface area contributed by atoms with Crippen LogP contribution >= 0.6 is 0 Å². The van der Waals surface area contributed by atoms with E-state index in [1.54, 1.807) is 0 Å². The van der Waals surface area contributed by atoms with E-state index in [9.17, 15) is 0 Å². The van der Waals surface area contributed by atoms with Gasteiger partial charge >= 0.3 is 0 Å². The van der Waals surface area contributed by atoms with Gasteiger partial charge in [0.2, 0.25) is 0 Å². The highest BCUT2D eigenvalue weighted by Crippen LogP contribution is 1.92. The minimum Gasteiger partial charge on any atom is -0.373 e. The first-order valence-corrected chi connectivity index (χ1v) is 2.81. The number of rotatable bonds is 0. The van der Waals surface area contributed by atoms with Gasteiger partial charge in [-0.2, -0.15) is 0 Å². The fourth-order valence-corrected chi connectivity index (χ4v) is 0.534. The van der Waals surface area contributed by atoms with E-state index in [0.717, 1.165) is 0 Å². The van der Waals surface area contributed by atoms with Crippen LogP contribution in [0.5, 0.6) is 0 Å². The van der Waals surface area contributed by atoms with Crippen LogP contribution < -0.4 is 0 Å². The molecule has 3 nitrogen and oxygen atoms in total. The lowest BCUT2D eigenvalue weighted by molar-refractivity contribution is 1.48. The molecule has 1 rings (SSSR count). The summed E-state index contributed by atoms with van der Waals surface area (Å²) in [5, 5.41) is 0. The second kappa shape index (κ2) is 5.66. The molecule has 0 heterocycles. The Balaban J connectivity index is 0.000000236. The van der Waals surface area contributed by atoms with E-state index < -0.39 is 0 Å². The quantitative estimate of drug-likeness (QED) is 0.297. The third-order valence-electron chi connectivity index (χ3n) is 0.940. The summed E-state index contributed by atoms with van der Waals surface area (Å²) in [7, 11) is 0. The molecule has 0 aliphatic carbocycles. The third kappa shape index (κ3) is 4.68. The average molecular weight is 134 g/mol. The molecule has 0 saturated heterocycles. The molecule has 0 spiro atoms. The maximum Gasteiger partial charge on any atom is -0.0398 e. The molecule has 0 atom stereocenters. The van der Waals surface area contributed by atoms with Crippen LogP contribution in [0.2, 0.25) is 0 Å². The Morgan fingerprint density at radius 2 is 1.50 bits per heavy atom. The van der Waals surface area contributed by atoms with E-state index >= 15 is 0 Å². The van der Waals surface area contributed by atoms with Crippen molar-refractivity contribution in [1.82, 2.24) is 0 Å². The summed E-state index contributed by atoms with van der Waals surface area (Å²) >= 11 is 0. The first-order valence-electron chi connectivity index (χ1n) is 2.81. The van der Waals surface area contributed by atoms with Gasteiger partial charge in [0.1, 0.15) is 0 Å². The Labute approximate surface area is 59.7 Å². The Hall–Kier alpha value is -1.47. The first-order chi connectivity index (χ1) is 4.81. The van der Waals surface area contributed by atoms with Crippen molar-refractivity contribution in [2.45, 2.75) is 6.92 Å². The van der Waals surface area contributed by atoms with Gasteiger partial charge in [-0.15, -0.1) is 0 Å². The van der Waals surface area contributed by atoms with Crippen molar-refractivity contribution < 1.29 is 0 Å². The Bertz CT molecular complexity index is 199. The number of nitrogens with zero attached hydrogens (tertiary/aromatic N) is 3. The van der Waals surface area contributed by atoms with Gasteiger partial charge in [-0.25, -0.2) is 0 Å². The maximum absolute atomic E-state index is 6.75. The smallest absolute Gasteiger partial charge is 0.0398 e. The summed E-state index contributed by atoms with van der Waals surface area (Å²) in [5.74, 6) is 0. The van der Waals surface area contributed by atoms with E-state index in [1.807, 2.05) is 18.2 Å². The molecule has 0 bridgehead atoms. The van der Waals surface area contributed by atoms with Gasteiger partial charge in [0.05, 0.1) is 0 Å². The molecule has 0 N–H and O–H groups in total. The second-order valence-electron chi connectivity index (χ2n) is 1.74. The predicted octanol–water partition coefficient (Wildman–Crippen LogP) is 2.86. The van der Waals surface area contributed by atoms with Crippen LogP contribution in [0.1, 0.15) is 5.56 Å². The fraction of sp³-hybridized carbons (Fsp3) is 0.143. The summed E-state index contributed by atoms with van der Waals surface area (Å²) < 4.78 is 0. The average Bonchev–Trinajstić information content (AvgIpc) is 1.91. The van der Waals surface area contributed by atoms with Crippen molar-refractivity contribution in [2.75, 3.05) is 0 Å². The van der Waals surface area contributed by atoms with Crippen LogP contribution in [0.4, 0.5) is 0 Å². The van der Waals surface area contributed by atoms with Crippen molar-refractivity contribution in [3.63, 3.8) is 0 Å². The number of hydrogen-bond donors (Lipinski definition) is 0. The Kier molecular flexibility index (Phi) is 4.83. The molecule has 0 aliphatic rings. The van der Waals surface area contributed by atoms with Gasteiger partial charge in [0, 0.05) is 0 Å². The van der Waals surface area contributed by atoms with E-state index in [1.165, 1.54) is 10.5 Å². The number of benzene rings is 1.